The van der Waals surface area contributed by atoms with Crippen LogP contribution >= 0.6 is 11.3 Å². The molecule has 7 heteroatoms. The lowest BCUT2D eigenvalue weighted by atomic mass is 10.0. The van der Waals surface area contributed by atoms with E-state index in [9.17, 15) is 14.4 Å². The molecule has 1 aromatic heterocycles. The average Bonchev–Trinajstić information content (AvgIpc) is 3.16. The first kappa shape index (κ1) is 16.5. The topological polar surface area (TPSA) is 86.7 Å². The van der Waals surface area contributed by atoms with Crippen LogP contribution in [0.15, 0.2) is 17.5 Å². The summed E-state index contributed by atoms with van der Waals surface area (Å²) < 4.78 is 0. The summed E-state index contributed by atoms with van der Waals surface area (Å²) in [6, 6.07) is 2.55. The van der Waals surface area contributed by atoms with Crippen molar-refractivity contribution in [1.82, 2.24) is 10.2 Å². The third-order valence-electron chi connectivity index (χ3n) is 4.06. The van der Waals surface area contributed by atoms with Crippen LogP contribution < -0.4 is 5.32 Å². The van der Waals surface area contributed by atoms with E-state index in [1.54, 1.807) is 30.9 Å². The Morgan fingerprint density at radius 2 is 2.14 bits per heavy atom. The average molecular weight is 324 g/mol. The minimum Gasteiger partial charge on any atom is -0.481 e. The van der Waals surface area contributed by atoms with Gasteiger partial charge in [-0.3, -0.25) is 14.4 Å². The Hall–Kier alpha value is -1.89. The zero-order valence-electron chi connectivity index (χ0n) is 12.6. The highest BCUT2D eigenvalue weighted by Crippen LogP contribution is 2.22. The van der Waals surface area contributed by atoms with Crippen molar-refractivity contribution in [1.29, 1.82) is 0 Å². The van der Waals surface area contributed by atoms with Crippen LogP contribution in [0.2, 0.25) is 0 Å². The number of thiophene rings is 1. The number of nitrogens with one attached hydrogen (secondary N) is 1. The molecule has 120 valence electrons. The molecule has 0 spiro atoms. The Morgan fingerprint density at radius 1 is 1.41 bits per heavy atom. The number of carbonyl (C=O) groups excluding carboxylic acids is 2. The number of amides is 2. The molecule has 1 aromatic rings. The van der Waals surface area contributed by atoms with Gasteiger partial charge in [0.25, 0.3) is 5.91 Å². The van der Waals surface area contributed by atoms with E-state index in [0.717, 1.165) is 6.42 Å². The smallest absolute Gasteiger partial charge is 0.308 e. The van der Waals surface area contributed by atoms with Crippen LogP contribution in [0.5, 0.6) is 0 Å². The van der Waals surface area contributed by atoms with Crippen molar-refractivity contribution >= 4 is 29.1 Å². The van der Waals surface area contributed by atoms with Crippen LogP contribution in [0.3, 0.4) is 0 Å². The number of hydrogen-bond donors (Lipinski definition) is 2. The molecule has 22 heavy (non-hydrogen) atoms. The predicted octanol–water partition coefficient (Wildman–Crippen LogP) is 1.58. The molecule has 2 heterocycles. The van der Waals surface area contributed by atoms with Gasteiger partial charge in [0.2, 0.25) is 5.91 Å². The Balaban J connectivity index is 2.02. The number of carbonyl (C=O) groups is 3. The van der Waals surface area contributed by atoms with Crippen LogP contribution in [-0.4, -0.2) is 46.4 Å². The van der Waals surface area contributed by atoms with Gasteiger partial charge >= 0.3 is 5.97 Å². The maximum atomic E-state index is 12.4. The molecule has 0 aliphatic carbocycles. The maximum absolute atomic E-state index is 12.4. The van der Waals surface area contributed by atoms with E-state index in [-0.39, 0.29) is 11.8 Å². The van der Waals surface area contributed by atoms with Crippen molar-refractivity contribution in [3.63, 3.8) is 0 Å². The predicted molar refractivity (Wildman–Crippen MR) is 82.8 cm³/mol. The first-order valence-electron chi connectivity index (χ1n) is 7.29. The van der Waals surface area contributed by atoms with E-state index in [2.05, 4.69) is 5.32 Å². The number of likely N-dealkylation sites (tertiary alicyclic amines) is 1. The molecule has 2 amide bonds. The summed E-state index contributed by atoms with van der Waals surface area (Å²) in [5.41, 5.74) is 0. The Kier molecular flexibility index (Phi) is 5.18. The summed E-state index contributed by atoms with van der Waals surface area (Å²) in [6.45, 7) is 3.77. The van der Waals surface area contributed by atoms with Crippen molar-refractivity contribution in [2.45, 2.75) is 38.8 Å². The molecule has 2 rings (SSSR count). The van der Waals surface area contributed by atoms with Crippen molar-refractivity contribution in [2.75, 3.05) is 6.54 Å². The lowest BCUT2D eigenvalue weighted by molar-refractivity contribution is -0.142. The lowest BCUT2D eigenvalue weighted by Gasteiger charge is -2.26. The maximum Gasteiger partial charge on any atom is 0.308 e. The molecular weight excluding hydrogens is 304 g/mol. The summed E-state index contributed by atoms with van der Waals surface area (Å²) in [5, 5.41) is 13.5. The van der Waals surface area contributed by atoms with E-state index in [1.807, 2.05) is 5.38 Å². The second-order valence-corrected chi connectivity index (χ2v) is 6.51. The molecule has 1 aliphatic heterocycles. The van der Waals surface area contributed by atoms with Crippen LogP contribution in [0, 0.1) is 5.92 Å². The van der Waals surface area contributed by atoms with Gasteiger partial charge in [-0.15, -0.1) is 11.3 Å². The summed E-state index contributed by atoms with van der Waals surface area (Å²) >= 11 is 1.35. The second kappa shape index (κ2) is 6.91. The molecule has 1 aliphatic rings. The zero-order valence-corrected chi connectivity index (χ0v) is 13.4. The van der Waals surface area contributed by atoms with Gasteiger partial charge in [-0.2, -0.15) is 0 Å². The van der Waals surface area contributed by atoms with E-state index < -0.39 is 24.0 Å². The van der Waals surface area contributed by atoms with Crippen LogP contribution in [0.4, 0.5) is 0 Å². The fourth-order valence-corrected chi connectivity index (χ4v) is 3.16. The highest BCUT2D eigenvalue weighted by atomic mass is 32.1. The van der Waals surface area contributed by atoms with E-state index in [1.165, 1.54) is 11.3 Å². The summed E-state index contributed by atoms with van der Waals surface area (Å²) in [7, 11) is 0. The van der Waals surface area contributed by atoms with Gasteiger partial charge in [0.15, 0.2) is 0 Å². The molecule has 0 radical (unpaired) electrons. The number of hydrogen-bond acceptors (Lipinski definition) is 4. The van der Waals surface area contributed by atoms with Gasteiger partial charge in [-0.05, 0) is 38.1 Å². The monoisotopic (exact) mass is 324 g/mol. The number of carboxylic acids is 1. The molecule has 2 N–H and O–H groups in total. The van der Waals surface area contributed by atoms with Gasteiger partial charge in [0.05, 0.1) is 10.8 Å². The Bertz CT molecular complexity index is 558. The number of rotatable bonds is 5. The van der Waals surface area contributed by atoms with Crippen molar-refractivity contribution in [2.24, 2.45) is 5.92 Å². The number of aliphatic carboxylic acids is 1. The lowest BCUT2D eigenvalue weighted by Crippen LogP contribution is -2.50. The first-order chi connectivity index (χ1) is 10.4. The van der Waals surface area contributed by atoms with Crippen molar-refractivity contribution in [3.05, 3.63) is 22.4 Å². The van der Waals surface area contributed by atoms with E-state index in [0.29, 0.717) is 17.8 Å². The molecule has 6 nitrogen and oxygen atoms in total. The molecule has 1 fully saturated rings. The summed E-state index contributed by atoms with van der Waals surface area (Å²) in [6.07, 6.45) is 1.38. The number of carboxylic acid groups (broad SMARTS) is 1. The Morgan fingerprint density at radius 3 is 2.73 bits per heavy atom. The zero-order chi connectivity index (χ0) is 16.3. The number of nitrogens with zero attached hydrogens (tertiary/aromatic N) is 1. The molecule has 3 atom stereocenters. The Labute approximate surface area is 133 Å². The molecule has 0 aromatic carbocycles. The van der Waals surface area contributed by atoms with Crippen molar-refractivity contribution < 1.29 is 19.5 Å². The minimum absolute atomic E-state index is 0.133. The SMILES string of the molecule is CC(NC(=O)C1CCCN1C(=O)c1cccs1)C(C)C(=O)O. The minimum atomic E-state index is -0.953. The normalized spacial score (nSPS) is 20.5. The summed E-state index contributed by atoms with van der Waals surface area (Å²) in [5.74, 6) is -2.04. The second-order valence-electron chi connectivity index (χ2n) is 5.56. The molecular formula is C15H20N2O4S. The van der Waals surface area contributed by atoms with Gasteiger partial charge in [0, 0.05) is 12.6 Å². The highest BCUT2D eigenvalue weighted by molar-refractivity contribution is 7.12. The molecule has 1 saturated heterocycles. The van der Waals surface area contributed by atoms with Crippen molar-refractivity contribution in [3.8, 4) is 0 Å². The molecule has 0 bridgehead atoms. The largest absolute Gasteiger partial charge is 0.481 e. The van der Waals surface area contributed by atoms with Gasteiger partial charge in [-0.1, -0.05) is 6.07 Å². The van der Waals surface area contributed by atoms with Crippen LogP contribution in [0.1, 0.15) is 36.4 Å². The van der Waals surface area contributed by atoms with E-state index in [4.69, 9.17) is 5.11 Å². The standard InChI is InChI=1S/C15H20N2O4S/c1-9(15(20)21)10(2)16-13(18)11-5-3-7-17(11)14(19)12-6-4-8-22-12/h4,6,8-11H,3,5,7H2,1-2H3,(H,16,18)(H,20,21). The molecule has 3 unspecified atom stereocenters. The third-order valence-corrected chi connectivity index (χ3v) is 4.92. The first-order valence-corrected chi connectivity index (χ1v) is 8.17. The highest BCUT2D eigenvalue weighted by Gasteiger charge is 2.36. The van der Waals surface area contributed by atoms with Crippen LogP contribution in [0.25, 0.3) is 0 Å². The quantitative estimate of drug-likeness (QED) is 0.861. The van der Waals surface area contributed by atoms with E-state index >= 15 is 0 Å². The van der Waals surface area contributed by atoms with Crippen LogP contribution in [-0.2, 0) is 9.59 Å². The molecule has 0 saturated carbocycles. The van der Waals surface area contributed by atoms with Gasteiger partial charge < -0.3 is 15.3 Å². The van der Waals surface area contributed by atoms with Gasteiger partial charge in [0.1, 0.15) is 6.04 Å². The fraction of sp³-hybridized carbons (Fsp3) is 0.533. The fourth-order valence-electron chi connectivity index (χ4n) is 2.48. The summed E-state index contributed by atoms with van der Waals surface area (Å²) in [4.78, 5) is 37.9. The third kappa shape index (κ3) is 3.47. The van der Waals surface area contributed by atoms with Gasteiger partial charge in [-0.25, -0.2) is 0 Å².